The fourth-order valence-corrected chi connectivity index (χ4v) is 3.97. The van der Waals surface area contributed by atoms with E-state index >= 15 is 0 Å². The van der Waals surface area contributed by atoms with Gasteiger partial charge in [-0.15, -0.1) is 0 Å². The molecule has 2 saturated heterocycles. The number of aliphatic hydroxyl groups is 1. The summed E-state index contributed by atoms with van der Waals surface area (Å²) < 4.78 is 5.45. The molecule has 2 aliphatic heterocycles. The Balaban J connectivity index is 1.95. The van der Waals surface area contributed by atoms with Crippen LogP contribution in [-0.4, -0.2) is 34.9 Å². The standard InChI is InChI=1S/C11H20O2S/c1-11(5-2-8-14-11)10(12)9-3-6-13-7-4-9/h9-10,12H,2-8H2,1H3. The fourth-order valence-electron chi connectivity index (χ4n) is 2.56. The molecule has 2 fully saturated rings. The highest BCUT2D eigenvalue weighted by Crippen LogP contribution is 2.44. The summed E-state index contributed by atoms with van der Waals surface area (Å²) in [6.45, 7) is 3.90. The summed E-state index contributed by atoms with van der Waals surface area (Å²) >= 11 is 1.96. The zero-order valence-corrected chi connectivity index (χ0v) is 9.68. The molecule has 0 amide bonds. The van der Waals surface area contributed by atoms with E-state index in [4.69, 9.17) is 4.74 Å². The third kappa shape index (κ3) is 2.10. The predicted molar refractivity (Wildman–Crippen MR) is 59.6 cm³/mol. The zero-order valence-electron chi connectivity index (χ0n) is 8.87. The van der Waals surface area contributed by atoms with Gasteiger partial charge in [-0.1, -0.05) is 0 Å². The third-order valence-corrected chi connectivity index (χ3v) is 5.19. The molecule has 3 heteroatoms. The van der Waals surface area contributed by atoms with Crippen molar-refractivity contribution < 1.29 is 9.84 Å². The van der Waals surface area contributed by atoms with Crippen molar-refractivity contribution in [2.75, 3.05) is 19.0 Å². The maximum Gasteiger partial charge on any atom is 0.0713 e. The molecule has 2 heterocycles. The molecule has 0 aromatic heterocycles. The summed E-state index contributed by atoms with van der Waals surface area (Å²) in [6.07, 6.45) is 4.39. The number of aliphatic hydroxyl groups excluding tert-OH is 1. The molecular weight excluding hydrogens is 196 g/mol. The van der Waals surface area contributed by atoms with Crippen LogP contribution in [0.1, 0.15) is 32.6 Å². The topological polar surface area (TPSA) is 29.5 Å². The molecule has 2 atom stereocenters. The lowest BCUT2D eigenvalue weighted by Crippen LogP contribution is -2.41. The maximum absolute atomic E-state index is 10.4. The molecule has 82 valence electrons. The van der Waals surface area contributed by atoms with E-state index in [1.54, 1.807) is 0 Å². The lowest BCUT2D eigenvalue weighted by atomic mass is 9.84. The van der Waals surface area contributed by atoms with E-state index in [1.165, 1.54) is 18.6 Å². The first-order valence-electron chi connectivity index (χ1n) is 5.62. The average molecular weight is 216 g/mol. The Morgan fingerprint density at radius 1 is 1.43 bits per heavy atom. The van der Waals surface area contributed by atoms with E-state index in [-0.39, 0.29) is 10.9 Å². The van der Waals surface area contributed by atoms with Gasteiger partial charge in [-0.25, -0.2) is 0 Å². The van der Waals surface area contributed by atoms with Crippen LogP contribution in [0.3, 0.4) is 0 Å². The SMILES string of the molecule is CC1(C(O)C2CCOCC2)CCCS1. The first-order valence-corrected chi connectivity index (χ1v) is 6.61. The second-order valence-electron chi connectivity index (χ2n) is 4.66. The summed E-state index contributed by atoms with van der Waals surface area (Å²) in [5.74, 6) is 1.69. The Morgan fingerprint density at radius 2 is 2.14 bits per heavy atom. The van der Waals surface area contributed by atoms with Gasteiger partial charge in [0.1, 0.15) is 0 Å². The van der Waals surface area contributed by atoms with Gasteiger partial charge in [0.15, 0.2) is 0 Å². The molecule has 0 aromatic rings. The average Bonchev–Trinajstić information content (AvgIpc) is 2.67. The lowest BCUT2D eigenvalue weighted by Gasteiger charge is -2.36. The molecule has 2 rings (SSSR count). The highest BCUT2D eigenvalue weighted by atomic mass is 32.2. The Hall–Kier alpha value is 0.270. The predicted octanol–water partition coefficient (Wildman–Crippen LogP) is 2.06. The molecule has 2 unspecified atom stereocenters. The van der Waals surface area contributed by atoms with Crippen LogP contribution in [0.25, 0.3) is 0 Å². The van der Waals surface area contributed by atoms with E-state index in [2.05, 4.69) is 6.92 Å². The maximum atomic E-state index is 10.4. The second-order valence-corrected chi connectivity index (χ2v) is 6.29. The molecule has 0 radical (unpaired) electrons. The quantitative estimate of drug-likeness (QED) is 0.766. The molecule has 0 bridgehead atoms. The van der Waals surface area contributed by atoms with Gasteiger partial charge in [0.2, 0.25) is 0 Å². The van der Waals surface area contributed by atoms with E-state index < -0.39 is 0 Å². The van der Waals surface area contributed by atoms with E-state index in [0.717, 1.165) is 26.1 Å². The van der Waals surface area contributed by atoms with Gasteiger partial charge in [0, 0.05) is 18.0 Å². The molecule has 0 spiro atoms. The van der Waals surface area contributed by atoms with E-state index in [0.29, 0.717) is 5.92 Å². The van der Waals surface area contributed by atoms with Crippen molar-refractivity contribution in [3.63, 3.8) is 0 Å². The Kier molecular flexibility index (Phi) is 3.40. The van der Waals surface area contributed by atoms with Crippen LogP contribution in [0.4, 0.5) is 0 Å². The van der Waals surface area contributed by atoms with E-state index in [1.807, 2.05) is 11.8 Å². The molecule has 0 aliphatic carbocycles. The van der Waals surface area contributed by atoms with Gasteiger partial charge in [0.25, 0.3) is 0 Å². The molecular formula is C11H20O2S. The highest BCUT2D eigenvalue weighted by Gasteiger charge is 2.41. The Bertz CT molecular complexity index is 184. The number of hydrogen-bond acceptors (Lipinski definition) is 3. The summed E-state index contributed by atoms with van der Waals surface area (Å²) in [5.41, 5.74) is 0. The normalized spacial score (nSPS) is 37.3. The number of ether oxygens (including phenoxy) is 1. The van der Waals surface area contributed by atoms with Gasteiger partial charge in [-0.2, -0.15) is 11.8 Å². The number of thioether (sulfide) groups is 1. The number of hydrogen-bond donors (Lipinski definition) is 1. The zero-order chi connectivity index (χ0) is 10.0. The van der Waals surface area contributed by atoms with Gasteiger partial charge in [-0.05, 0) is 44.3 Å². The smallest absolute Gasteiger partial charge is 0.0713 e. The minimum atomic E-state index is -0.126. The first kappa shape index (κ1) is 10.8. The first-order chi connectivity index (χ1) is 6.72. The van der Waals surface area contributed by atoms with Crippen molar-refractivity contribution in [3.05, 3.63) is 0 Å². The van der Waals surface area contributed by atoms with Crippen molar-refractivity contribution in [2.45, 2.75) is 43.5 Å². The van der Waals surface area contributed by atoms with Gasteiger partial charge >= 0.3 is 0 Å². The van der Waals surface area contributed by atoms with Gasteiger partial charge in [-0.3, -0.25) is 0 Å². The van der Waals surface area contributed by atoms with Crippen LogP contribution in [0.2, 0.25) is 0 Å². The largest absolute Gasteiger partial charge is 0.391 e. The molecule has 2 aliphatic rings. The van der Waals surface area contributed by atoms with Gasteiger partial charge < -0.3 is 9.84 Å². The van der Waals surface area contributed by atoms with Crippen molar-refractivity contribution in [2.24, 2.45) is 5.92 Å². The monoisotopic (exact) mass is 216 g/mol. The van der Waals surface area contributed by atoms with Crippen LogP contribution >= 0.6 is 11.8 Å². The summed E-state index contributed by atoms with van der Waals surface area (Å²) in [6, 6.07) is 0. The summed E-state index contributed by atoms with van der Waals surface area (Å²) in [7, 11) is 0. The minimum absolute atomic E-state index is 0.126. The lowest BCUT2D eigenvalue weighted by molar-refractivity contribution is -0.00611. The highest BCUT2D eigenvalue weighted by molar-refractivity contribution is 8.00. The van der Waals surface area contributed by atoms with Crippen LogP contribution in [0.5, 0.6) is 0 Å². The number of rotatable bonds is 2. The minimum Gasteiger partial charge on any atom is -0.391 e. The van der Waals surface area contributed by atoms with Crippen LogP contribution in [0.15, 0.2) is 0 Å². The van der Waals surface area contributed by atoms with Gasteiger partial charge in [0.05, 0.1) is 6.10 Å². The molecule has 1 N–H and O–H groups in total. The molecule has 0 saturated carbocycles. The summed E-state index contributed by atoms with van der Waals surface area (Å²) in [5, 5.41) is 10.4. The van der Waals surface area contributed by atoms with Crippen molar-refractivity contribution in [1.29, 1.82) is 0 Å². The molecule has 0 aromatic carbocycles. The third-order valence-electron chi connectivity index (χ3n) is 3.59. The van der Waals surface area contributed by atoms with Crippen molar-refractivity contribution in [3.8, 4) is 0 Å². The Morgan fingerprint density at radius 3 is 2.71 bits per heavy atom. The van der Waals surface area contributed by atoms with Crippen LogP contribution in [0, 0.1) is 5.92 Å². The van der Waals surface area contributed by atoms with Crippen molar-refractivity contribution >= 4 is 11.8 Å². The molecule has 14 heavy (non-hydrogen) atoms. The van der Waals surface area contributed by atoms with E-state index in [9.17, 15) is 5.11 Å². The second kappa shape index (κ2) is 4.42. The van der Waals surface area contributed by atoms with Crippen molar-refractivity contribution in [1.82, 2.24) is 0 Å². The van der Waals surface area contributed by atoms with Crippen LogP contribution < -0.4 is 0 Å². The summed E-state index contributed by atoms with van der Waals surface area (Å²) in [4.78, 5) is 0. The Labute approximate surface area is 90.4 Å². The van der Waals surface area contributed by atoms with Crippen LogP contribution in [-0.2, 0) is 4.74 Å². The molecule has 2 nitrogen and oxygen atoms in total. The fraction of sp³-hybridized carbons (Fsp3) is 1.00.